The Balaban J connectivity index is 1.98. The average molecular weight is 422 g/mol. The molecule has 0 aliphatic rings. The van der Waals surface area contributed by atoms with Gasteiger partial charge in [-0.1, -0.05) is 29.8 Å². The van der Waals surface area contributed by atoms with Crippen molar-refractivity contribution in [2.24, 2.45) is 0 Å². The fraction of sp³-hybridized carbons (Fsp3) is 0.444. The van der Waals surface area contributed by atoms with Crippen LogP contribution in [0.1, 0.15) is 38.8 Å². The number of hydrogen-bond donors (Lipinski definition) is 5. The number of benzene rings is 1. The van der Waals surface area contributed by atoms with Gasteiger partial charge in [-0.3, -0.25) is 0 Å². The number of aromatic nitrogens is 5. The number of aromatic hydroxyl groups is 2. The third-order valence-electron chi connectivity index (χ3n) is 4.49. The minimum Gasteiger partial charge on any atom is -0.504 e. The van der Waals surface area contributed by atoms with Crippen molar-refractivity contribution in [3.63, 3.8) is 0 Å². The van der Waals surface area contributed by atoms with Gasteiger partial charge >= 0.3 is 0 Å². The number of aliphatic hydroxyl groups is 1. The fourth-order valence-corrected chi connectivity index (χ4v) is 2.90. The molecule has 1 unspecified atom stereocenters. The van der Waals surface area contributed by atoms with Gasteiger partial charge in [0.25, 0.3) is 0 Å². The number of aliphatic hydroxyl groups excluding tert-OH is 1. The summed E-state index contributed by atoms with van der Waals surface area (Å²) in [6.45, 7) is 5.98. The molecule has 1 aromatic carbocycles. The van der Waals surface area contributed by atoms with Crippen molar-refractivity contribution in [1.29, 1.82) is 0 Å². The first-order valence-electron chi connectivity index (χ1n) is 9.29. The molecule has 0 spiro atoms. The summed E-state index contributed by atoms with van der Waals surface area (Å²) in [5, 5.41) is 44.0. The number of anilines is 2. The first-order chi connectivity index (χ1) is 13.8. The van der Waals surface area contributed by atoms with Crippen LogP contribution in [-0.4, -0.2) is 52.9 Å². The van der Waals surface area contributed by atoms with Crippen molar-refractivity contribution < 1.29 is 15.3 Å². The van der Waals surface area contributed by atoms with Gasteiger partial charge in [-0.25, -0.2) is 4.68 Å². The summed E-state index contributed by atoms with van der Waals surface area (Å²) in [4.78, 5) is 8.97. The van der Waals surface area contributed by atoms with Crippen molar-refractivity contribution in [2.75, 3.05) is 17.2 Å². The van der Waals surface area contributed by atoms with Crippen molar-refractivity contribution in [1.82, 2.24) is 25.0 Å². The van der Waals surface area contributed by atoms with Gasteiger partial charge in [0.2, 0.25) is 5.95 Å². The lowest BCUT2D eigenvalue weighted by atomic mass is 10.2. The molecule has 29 heavy (non-hydrogen) atoms. The van der Waals surface area contributed by atoms with Crippen LogP contribution in [0, 0.1) is 0 Å². The number of phenolic OH excluding ortho intramolecular Hbond substituents is 2. The highest BCUT2D eigenvalue weighted by Gasteiger charge is 2.18. The number of hydrogen-bond acceptors (Lipinski definition) is 9. The van der Waals surface area contributed by atoms with E-state index in [-0.39, 0.29) is 41.8 Å². The normalized spacial score (nSPS) is 12.5. The van der Waals surface area contributed by atoms with Gasteiger partial charge < -0.3 is 26.0 Å². The molecule has 0 bridgehead atoms. The summed E-state index contributed by atoms with van der Waals surface area (Å²) in [5.74, 6) is 0.0609. The summed E-state index contributed by atoms with van der Waals surface area (Å²) in [5.41, 5.74) is 1.45. The van der Waals surface area contributed by atoms with Crippen molar-refractivity contribution in [3.8, 4) is 11.5 Å². The van der Waals surface area contributed by atoms with E-state index in [1.54, 1.807) is 10.7 Å². The summed E-state index contributed by atoms with van der Waals surface area (Å²) in [7, 11) is 0. The van der Waals surface area contributed by atoms with Crippen LogP contribution in [0.2, 0.25) is 5.02 Å². The molecule has 0 aliphatic heterocycles. The van der Waals surface area contributed by atoms with Crippen LogP contribution in [0.3, 0.4) is 0 Å². The minimum atomic E-state index is -0.374. The van der Waals surface area contributed by atoms with Gasteiger partial charge in [-0.2, -0.15) is 9.97 Å². The Morgan fingerprint density at radius 1 is 1.17 bits per heavy atom. The topological polar surface area (TPSA) is 141 Å². The Hall–Kier alpha value is -2.85. The molecular weight excluding hydrogens is 398 g/mol. The molecule has 2 aromatic heterocycles. The maximum atomic E-state index is 10.1. The molecular formula is C18H24ClN7O3. The second kappa shape index (κ2) is 8.66. The van der Waals surface area contributed by atoms with Gasteiger partial charge in [0.15, 0.2) is 28.5 Å². The highest BCUT2D eigenvalue weighted by Crippen LogP contribution is 2.36. The molecule has 0 amide bonds. The van der Waals surface area contributed by atoms with Crippen LogP contribution < -0.4 is 10.6 Å². The van der Waals surface area contributed by atoms with E-state index in [9.17, 15) is 15.3 Å². The van der Waals surface area contributed by atoms with E-state index in [2.05, 4.69) is 30.9 Å². The molecule has 5 N–H and O–H groups in total. The first-order valence-corrected chi connectivity index (χ1v) is 9.66. The standard InChI is InChI=1S/C18H24ClN7O3/c1-4-11(8-27)21-18-22-16(13-17(23-18)26(9(2)3)25-24-13)20-7-10-5-6-12(19)15(29)14(10)28/h5-6,9,11,27-29H,4,7-8H2,1-3H3,(H2,20,21,22,23). The third kappa shape index (κ3) is 4.28. The van der Waals surface area contributed by atoms with E-state index in [1.165, 1.54) is 6.07 Å². The van der Waals surface area contributed by atoms with Gasteiger partial charge in [0.1, 0.15) is 0 Å². The van der Waals surface area contributed by atoms with Crippen molar-refractivity contribution in [3.05, 3.63) is 22.7 Å². The summed E-state index contributed by atoms with van der Waals surface area (Å²) in [6, 6.07) is 2.94. The maximum Gasteiger partial charge on any atom is 0.227 e. The SMILES string of the molecule is CCC(CO)Nc1nc(NCc2ccc(Cl)c(O)c2O)c2nnn(C(C)C)c2n1. The van der Waals surface area contributed by atoms with Crippen LogP contribution in [0.15, 0.2) is 12.1 Å². The Bertz CT molecular complexity index is 1000. The van der Waals surface area contributed by atoms with Crippen LogP contribution in [-0.2, 0) is 6.54 Å². The third-order valence-corrected chi connectivity index (χ3v) is 4.80. The van der Waals surface area contributed by atoms with E-state index >= 15 is 0 Å². The zero-order valence-electron chi connectivity index (χ0n) is 16.4. The molecule has 0 saturated heterocycles. The van der Waals surface area contributed by atoms with Gasteiger partial charge in [0.05, 0.1) is 23.7 Å². The van der Waals surface area contributed by atoms with Crippen LogP contribution in [0.4, 0.5) is 11.8 Å². The number of nitrogens with one attached hydrogen (secondary N) is 2. The van der Waals surface area contributed by atoms with E-state index in [0.717, 1.165) is 0 Å². The van der Waals surface area contributed by atoms with Gasteiger partial charge in [0, 0.05) is 12.1 Å². The zero-order chi connectivity index (χ0) is 21.1. The van der Waals surface area contributed by atoms with E-state index in [1.807, 2.05) is 20.8 Å². The predicted molar refractivity (Wildman–Crippen MR) is 110 cm³/mol. The molecule has 0 fully saturated rings. The lowest BCUT2D eigenvalue weighted by molar-refractivity contribution is 0.271. The second-order valence-electron chi connectivity index (χ2n) is 6.89. The molecule has 0 aliphatic carbocycles. The average Bonchev–Trinajstić information content (AvgIpc) is 3.14. The Morgan fingerprint density at radius 3 is 2.59 bits per heavy atom. The van der Waals surface area contributed by atoms with E-state index < -0.39 is 0 Å². The lowest BCUT2D eigenvalue weighted by Gasteiger charge is -2.16. The largest absolute Gasteiger partial charge is 0.504 e. The second-order valence-corrected chi connectivity index (χ2v) is 7.29. The van der Waals surface area contributed by atoms with Crippen LogP contribution in [0.5, 0.6) is 11.5 Å². The molecule has 2 heterocycles. The Kier molecular flexibility index (Phi) is 6.23. The number of phenols is 2. The minimum absolute atomic E-state index is 0.0349. The van der Waals surface area contributed by atoms with Crippen molar-refractivity contribution >= 4 is 34.5 Å². The molecule has 1 atom stereocenters. The fourth-order valence-electron chi connectivity index (χ4n) is 2.74. The number of fused-ring (bicyclic) bond motifs is 1. The molecule has 11 heteroatoms. The molecule has 3 aromatic rings. The molecule has 0 radical (unpaired) electrons. The van der Waals surface area contributed by atoms with Crippen LogP contribution >= 0.6 is 11.6 Å². The summed E-state index contributed by atoms with van der Waals surface area (Å²) in [6.07, 6.45) is 0.695. The highest BCUT2D eigenvalue weighted by atomic mass is 35.5. The quantitative estimate of drug-likeness (QED) is 0.347. The first kappa shape index (κ1) is 20.9. The summed E-state index contributed by atoms with van der Waals surface area (Å²) < 4.78 is 1.68. The molecule has 10 nitrogen and oxygen atoms in total. The number of halogens is 1. The smallest absolute Gasteiger partial charge is 0.227 e. The summed E-state index contributed by atoms with van der Waals surface area (Å²) >= 11 is 5.81. The number of nitrogens with zero attached hydrogens (tertiary/aromatic N) is 5. The zero-order valence-corrected chi connectivity index (χ0v) is 17.1. The predicted octanol–water partition coefficient (Wildman–Crippen LogP) is 2.66. The van der Waals surface area contributed by atoms with Gasteiger partial charge in [-0.05, 0) is 26.3 Å². The monoisotopic (exact) mass is 421 g/mol. The molecule has 3 rings (SSSR count). The highest BCUT2D eigenvalue weighted by molar-refractivity contribution is 6.32. The Labute approximate surface area is 172 Å². The Morgan fingerprint density at radius 2 is 1.93 bits per heavy atom. The molecule has 0 saturated carbocycles. The van der Waals surface area contributed by atoms with Crippen LogP contribution in [0.25, 0.3) is 11.2 Å². The number of rotatable bonds is 8. The maximum absolute atomic E-state index is 10.1. The van der Waals surface area contributed by atoms with E-state index in [4.69, 9.17) is 11.6 Å². The van der Waals surface area contributed by atoms with Gasteiger partial charge in [-0.15, -0.1) is 5.10 Å². The molecule has 156 valence electrons. The lowest BCUT2D eigenvalue weighted by Crippen LogP contribution is -2.24. The van der Waals surface area contributed by atoms with E-state index in [0.29, 0.717) is 34.9 Å². The van der Waals surface area contributed by atoms with Crippen molar-refractivity contribution in [2.45, 2.75) is 45.8 Å².